The van der Waals surface area contributed by atoms with Crippen LogP contribution in [0, 0.1) is 6.92 Å². The summed E-state index contributed by atoms with van der Waals surface area (Å²) in [6, 6.07) is 9.72. The maximum atomic E-state index is 12.0. The fourth-order valence-electron chi connectivity index (χ4n) is 1.96. The summed E-state index contributed by atoms with van der Waals surface area (Å²) < 4.78 is 10.8. The maximum absolute atomic E-state index is 12.0. The number of rotatable bonds is 6. The van der Waals surface area contributed by atoms with E-state index < -0.39 is 5.97 Å². The summed E-state index contributed by atoms with van der Waals surface area (Å²) in [5.41, 5.74) is 2.42. The minimum absolute atomic E-state index is 0.193. The van der Waals surface area contributed by atoms with E-state index >= 15 is 0 Å². The van der Waals surface area contributed by atoms with E-state index in [9.17, 15) is 4.79 Å². The van der Waals surface area contributed by atoms with Gasteiger partial charge in [-0.15, -0.1) is 11.3 Å². The molecule has 0 aliphatic rings. The van der Waals surface area contributed by atoms with Crippen molar-refractivity contribution in [3.8, 4) is 16.3 Å². The Hall–Kier alpha value is -2.18. The second kappa shape index (κ2) is 7.39. The van der Waals surface area contributed by atoms with Crippen LogP contribution in [0.15, 0.2) is 46.5 Å². The highest BCUT2D eigenvalue weighted by Crippen LogP contribution is 2.25. The average Bonchev–Trinajstić information content (AvgIpc) is 3.23. The largest absolute Gasteiger partial charge is 0.490 e. The summed E-state index contributed by atoms with van der Waals surface area (Å²) in [6.45, 7) is 2.49. The zero-order chi connectivity index (χ0) is 16.1. The summed E-state index contributed by atoms with van der Waals surface area (Å²) >= 11 is 3.04. The molecule has 23 heavy (non-hydrogen) atoms. The third-order valence-electron chi connectivity index (χ3n) is 3.15. The predicted octanol–water partition coefficient (Wildman–Crippen LogP) is 4.42. The lowest BCUT2D eigenvalue weighted by Crippen LogP contribution is -2.13. The number of ether oxygens (including phenoxy) is 2. The van der Waals surface area contributed by atoms with Gasteiger partial charge in [-0.3, -0.25) is 0 Å². The predicted molar refractivity (Wildman–Crippen MR) is 92.4 cm³/mol. The molecule has 2 aromatic heterocycles. The monoisotopic (exact) mass is 345 g/mol. The third kappa shape index (κ3) is 3.97. The van der Waals surface area contributed by atoms with E-state index in [0.717, 1.165) is 21.9 Å². The first-order valence-corrected chi connectivity index (χ1v) is 8.90. The highest BCUT2D eigenvalue weighted by molar-refractivity contribution is 7.14. The lowest BCUT2D eigenvalue weighted by molar-refractivity contribution is 0.0444. The first-order valence-electron chi connectivity index (χ1n) is 7.07. The molecule has 0 atom stereocenters. The van der Waals surface area contributed by atoms with Crippen LogP contribution >= 0.6 is 22.7 Å². The molecule has 0 aliphatic heterocycles. The number of thiophene rings is 1. The Balaban J connectivity index is 1.49. The molecule has 0 bridgehead atoms. The first-order chi connectivity index (χ1) is 11.2. The summed E-state index contributed by atoms with van der Waals surface area (Å²) in [5, 5.41) is 6.54. The SMILES string of the molecule is Cc1ccccc1OCCOC(=O)c1csc(-c2ccsc2)n1. The van der Waals surface area contributed by atoms with Gasteiger partial charge in [-0.2, -0.15) is 11.3 Å². The van der Waals surface area contributed by atoms with Gasteiger partial charge in [0.1, 0.15) is 24.0 Å². The molecule has 3 aromatic rings. The summed E-state index contributed by atoms with van der Waals surface area (Å²) in [5.74, 6) is 0.382. The number of thiazole rings is 1. The zero-order valence-electron chi connectivity index (χ0n) is 12.5. The van der Waals surface area contributed by atoms with Crippen molar-refractivity contribution in [1.82, 2.24) is 4.98 Å². The van der Waals surface area contributed by atoms with Gasteiger partial charge in [0.25, 0.3) is 0 Å². The van der Waals surface area contributed by atoms with Crippen molar-refractivity contribution in [1.29, 1.82) is 0 Å². The number of hydrogen-bond acceptors (Lipinski definition) is 6. The van der Waals surface area contributed by atoms with Gasteiger partial charge in [0.2, 0.25) is 0 Å². The Bertz CT molecular complexity index is 781. The third-order valence-corrected chi connectivity index (χ3v) is 4.72. The Morgan fingerprint density at radius 3 is 2.83 bits per heavy atom. The average molecular weight is 345 g/mol. The van der Waals surface area contributed by atoms with Crippen LogP contribution in [0.25, 0.3) is 10.6 Å². The van der Waals surface area contributed by atoms with Crippen LogP contribution in [0.5, 0.6) is 5.75 Å². The molecule has 6 heteroatoms. The summed E-state index contributed by atoms with van der Waals surface area (Å²) in [7, 11) is 0. The van der Waals surface area contributed by atoms with Gasteiger partial charge in [-0.1, -0.05) is 18.2 Å². The number of nitrogens with zero attached hydrogens (tertiary/aromatic N) is 1. The second-order valence-corrected chi connectivity index (χ2v) is 6.44. The molecule has 3 rings (SSSR count). The molecule has 2 heterocycles. The number of aryl methyl sites for hydroxylation is 1. The molecule has 0 unspecified atom stereocenters. The number of aromatic nitrogens is 1. The number of carbonyl (C=O) groups excluding carboxylic acids is 1. The number of carbonyl (C=O) groups is 1. The number of esters is 1. The molecular formula is C17H15NO3S2. The van der Waals surface area contributed by atoms with Crippen molar-refractivity contribution in [2.24, 2.45) is 0 Å². The van der Waals surface area contributed by atoms with Crippen LogP contribution in [0.3, 0.4) is 0 Å². The van der Waals surface area contributed by atoms with Crippen molar-refractivity contribution >= 4 is 28.6 Å². The summed E-state index contributed by atoms with van der Waals surface area (Å²) in [6.07, 6.45) is 0. The molecule has 0 fully saturated rings. The standard InChI is InChI=1S/C17H15NO3S2/c1-12-4-2-3-5-15(12)20-7-8-21-17(19)14-11-23-16(18-14)13-6-9-22-10-13/h2-6,9-11H,7-8H2,1H3. The summed E-state index contributed by atoms with van der Waals surface area (Å²) in [4.78, 5) is 16.3. The van der Waals surface area contributed by atoms with Gasteiger partial charge in [-0.05, 0) is 30.0 Å². The number of hydrogen-bond donors (Lipinski definition) is 0. The number of para-hydroxylation sites is 1. The zero-order valence-corrected chi connectivity index (χ0v) is 14.2. The Morgan fingerprint density at radius 1 is 1.17 bits per heavy atom. The molecule has 1 aromatic carbocycles. The van der Waals surface area contributed by atoms with Gasteiger partial charge >= 0.3 is 5.97 Å². The van der Waals surface area contributed by atoms with Crippen LogP contribution in [-0.2, 0) is 4.74 Å². The minimum atomic E-state index is -0.420. The Kier molecular flexibility index (Phi) is 5.05. The Labute approximate surface area is 142 Å². The van der Waals surface area contributed by atoms with E-state index in [1.807, 2.05) is 48.0 Å². The molecule has 0 saturated carbocycles. The van der Waals surface area contributed by atoms with Gasteiger partial charge < -0.3 is 9.47 Å². The lowest BCUT2D eigenvalue weighted by Gasteiger charge is -2.08. The minimum Gasteiger partial charge on any atom is -0.490 e. The van der Waals surface area contributed by atoms with Crippen molar-refractivity contribution in [2.75, 3.05) is 13.2 Å². The topological polar surface area (TPSA) is 48.4 Å². The van der Waals surface area contributed by atoms with Crippen molar-refractivity contribution in [2.45, 2.75) is 6.92 Å². The molecule has 0 spiro atoms. The van der Waals surface area contributed by atoms with Gasteiger partial charge in [0.15, 0.2) is 5.69 Å². The highest BCUT2D eigenvalue weighted by atomic mass is 32.1. The smallest absolute Gasteiger partial charge is 0.357 e. The molecule has 0 radical (unpaired) electrons. The van der Waals surface area contributed by atoms with Crippen LogP contribution in [-0.4, -0.2) is 24.2 Å². The molecule has 0 N–H and O–H groups in total. The molecular weight excluding hydrogens is 330 g/mol. The molecule has 4 nitrogen and oxygen atoms in total. The van der Waals surface area contributed by atoms with E-state index in [4.69, 9.17) is 9.47 Å². The van der Waals surface area contributed by atoms with Gasteiger partial charge in [0.05, 0.1) is 0 Å². The number of benzene rings is 1. The van der Waals surface area contributed by atoms with E-state index in [1.165, 1.54) is 11.3 Å². The van der Waals surface area contributed by atoms with Crippen LogP contribution in [0.4, 0.5) is 0 Å². The van der Waals surface area contributed by atoms with Crippen molar-refractivity contribution < 1.29 is 14.3 Å². The van der Waals surface area contributed by atoms with E-state index in [-0.39, 0.29) is 6.61 Å². The van der Waals surface area contributed by atoms with Crippen LogP contribution in [0.1, 0.15) is 16.1 Å². The fraction of sp³-hybridized carbons (Fsp3) is 0.176. The molecule has 118 valence electrons. The quantitative estimate of drug-likeness (QED) is 0.490. The van der Waals surface area contributed by atoms with Gasteiger partial charge in [0, 0.05) is 16.3 Å². The van der Waals surface area contributed by atoms with Crippen LogP contribution in [0.2, 0.25) is 0 Å². The molecule has 0 amide bonds. The molecule has 0 aliphatic carbocycles. The normalized spacial score (nSPS) is 10.5. The highest BCUT2D eigenvalue weighted by Gasteiger charge is 2.13. The molecule has 0 saturated heterocycles. The lowest BCUT2D eigenvalue weighted by atomic mass is 10.2. The Morgan fingerprint density at radius 2 is 2.04 bits per heavy atom. The van der Waals surface area contributed by atoms with Crippen molar-refractivity contribution in [3.05, 3.63) is 57.7 Å². The van der Waals surface area contributed by atoms with E-state index in [0.29, 0.717) is 12.3 Å². The fourth-order valence-corrected chi connectivity index (χ4v) is 3.47. The van der Waals surface area contributed by atoms with Crippen molar-refractivity contribution in [3.63, 3.8) is 0 Å². The van der Waals surface area contributed by atoms with Crippen LogP contribution < -0.4 is 4.74 Å². The second-order valence-electron chi connectivity index (χ2n) is 4.80. The maximum Gasteiger partial charge on any atom is 0.357 e. The van der Waals surface area contributed by atoms with Gasteiger partial charge in [-0.25, -0.2) is 9.78 Å². The van der Waals surface area contributed by atoms with E-state index in [2.05, 4.69) is 4.98 Å². The first kappa shape index (κ1) is 15.7. The van der Waals surface area contributed by atoms with E-state index in [1.54, 1.807) is 16.7 Å².